The first-order chi connectivity index (χ1) is 10.1. The van der Waals surface area contributed by atoms with Gasteiger partial charge in [0.15, 0.2) is 6.79 Å². The summed E-state index contributed by atoms with van der Waals surface area (Å²) in [5.41, 5.74) is 1.01. The second kappa shape index (κ2) is 7.65. The summed E-state index contributed by atoms with van der Waals surface area (Å²) in [4.78, 5) is 0. The van der Waals surface area contributed by atoms with Crippen molar-refractivity contribution in [2.75, 3.05) is 20.5 Å². The zero-order valence-electron chi connectivity index (χ0n) is 12.7. The van der Waals surface area contributed by atoms with Crippen molar-refractivity contribution >= 4 is 22.6 Å². The van der Waals surface area contributed by atoms with Crippen molar-refractivity contribution in [1.82, 2.24) is 0 Å². The fourth-order valence-electron chi connectivity index (χ4n) is 2.23. The molecule has 5 heteroatoms. The molecule has 1 aliphatic carbocycles. The van der Waals surface area contributed by atoms with E-state index in [0.29, 0.717) is 9.84 Å². The van der Waals surface area contributed by atoms with Crippen LogP contribution in [0.2, 0.25) is 0 Å². The van der Waals surface area contributed by atoms with Crippen LogP contribution in [0.15, 0.2) is 18.2 Å². The lowest BCUT2D eigenvalue weighted by atomic mass is 10.00. The summed E-state index contributed by atoms with van der Waals surface area (Å²) in [6, 6.07) is 5.83. The van der Waals surface area contributed by atoms with Crippen molar-refractivity contribution in [3.63, 3.8) is 0 Å². The van der Waals surface area contributed by atoms with Gasteiger partial charge in [0.05, 0.1) is 3.92 Å². The lowest BCUT2D eigenvalue weighted by molar-refractivity contribution is 0.0499. The monoisotopic (exact) mass is 406 g/mol. The van der Waals surface area contributed by atoms with E-state index in [9.17, 15) is 5.11 Å². The van der Waals surface area contributed by atoms with Gasteiger partial charge in [-0.15, -0.1) is 0 Å². The molecule has 0 saturated heterocycles. The molecule has 21 heavy (non-hydrogen) atoms. The molecule has 4 atom stereocenters. The average Bonchev–Trinajstić information content (AvgIpc) is 3.05. The summed E-state index contributed by atoms with van der Waals surface area (Å²) in [5.74, 6) is 2.37. The maximum Gasteiger partial charge on any atom is 0.188 e. The molecule has 1 aliphatic rings. The zero-order valence-corrected chi connectivity index (χ0v) is 14.9. The first kappa shape index (κ1) is 16.8. The summed E-state index contributed by atoms with van der Waals surface area (Å²) in [6.45, 7) is 4.56. The van der Waals surface area contributed by atoms with Crippen molar-refractivity contribution < 1.29 is 19.3 Å². The molecule has 0 radical (unpaired) electrons. The zero-order chi connectivity index (χ0) is 15.4. The third-order valence-corrected chi connectivity index (χ3v) is 5.59. The van der Waals surface area contributed by atoms with Crippen LogP contribution in [0.5, 0.6) is 11.5 Å². The number of rotatable bonds is 8. The summed E-state index contributed by atoms with van der Waals surface area (Å²) >= 11 is 2.43. The molecule has 1 aromatic carbocycles. The fraction of sp³-hybridized carbons (Fsp3) is 0.625. The van der Waals surface area contributed by atoms with Gasteiger partial charge >= 0.3 is 0 Å². The van der Waals surface area contributed by atoms with Crippen molar-refractivity contribution in [2.45, 2.75) is 30.3 Å². The molecular formula is C16H23IO4. The van der Waals surface area contributed by atoms with Gasteiger partial charge in [-0.2, -0.15) is 0 Å². The van der Waals surface area contributed by atoms with Crippen LogP contribution in [-0.2, 0) is 11.2 Å². The number of alkyl halides is 1. The van der Waals surface area contributed by atoms with Crippen LogP contribution >= 0.6 is 22.6 Å². The first-order valence-electron chi connectivity index (χ1n) is 7.23. The van der Waals surface area contributed by atoms with E-state index >= 15 is 0 Å². The molecule has 118 valence electrons. The van der Waals surface area contributed by atoms with Crippen molar-refractivity contribution in [3.05, 3.63) is 23.8 Å². The predicted octanol–water partition coefficient (Wildman–Crippen LogP) is 3.04. The Morgan fingerprint density at radius 1 is 1.33 bits per heavy atom. The Morgan fingerprint density at radius 3 is 2.57 bits per heavy atom. The number of hydrogen-bond acceptors (Lipinski definition) is 4. The number of aliphatic hydroxyl groups is 1. The predicted molar refractivity (Wildman–Crippen MR) is 90.3 cm³/mol. The van der Waals surface area contributed by atoms with Gasteiger partial charge in [0.1, 0.15) is 17.6 Å². The molecule has 0 heterocycles. The van der Waals surface area contributed by atoms with E-state index in [1.807, 2.05) is 25.1 Å². The summed E-state index contributed by atoms with van der Waals surface area (Å²) < 4.78 is 17.3. The molecule has 2 rings (SSSR count). The number of hydrogen-bond donors (Lipinski definition) is 1. The normalized spacial score (nSPS) is 25.5. The minimum atomic E-state index is 0.146. The largest absolute Gasteiger partial charge is 0.489 e. The molecule has 1 saturated carbocycles. The van der Waals surface area contributed by atoms with Crippen molar-refractivity contribution in [2.24, 2.45) is 11.8 Å². The quantitative estimate of drug-likeness (QED) is 0.410. The van der Waals surface area contributed by atoms with Gasteiger partial charge in [0.2, 0.25) is 0 Å². The highest BCUT2D eigenvalue weighted by atomic mass is 127. The SMILES string of the molecule is COCOc1cccc(OC2C(I)[C@H]2C)c1CC(C)CO. The molecule has 0 aliphatic heterocycles. The van der Waals surface area contributed by atoms with Gasteiger partial charge in [0.25, 0.3) is 0 Å². The second-order valence-electron chi connectivity index (χ2n) is 5.66. The van der Waals surface area contributed by atoms with Gasteiger partial charge in [-0.25, -0.2) is 0 Å². The van der Waals surface area contributed by atoms with E-state index in [2.05, 4.69) is 29.5 Å². The van der Waals surface area contributed by atoms with Gasteiger partial charge in [-0.1, -0.05) is 42.5 Å². The van der Waals surface area contributed by atoms with Crippen LogP contribution in [-0.4, -0.2) is 35.6 Å². The second-order valence-corrected chi connectivity index (χ2v) is 7.10. The Morgan fingerprint density at radius 2 is 2.00 bits per heavy atom. The third kappa shape index (κ3) is 4.23. The van der Waals surface area contributed by atoms with Crippen LogP contribution in [0.3, 0.4) is 0 Å². The van der Waals surface area contributed by atoms with Gasteiger partial charge < -0.3 is 19.3 Å². The van der Waals surface area contributed by atoms with Crippen LogP contribution in [0, 0.1) is 11.8 Å². The van der Waals surface area contributed by atoms with Crippen LogP contribution in [0.1, 0.15) is 19.4 Å². The van der Waals surface area contributed by atoms with E-state index in [1.165, 1.54) is 0 Å². The highest BCUT2D eigenvalue weighted by Crippen LogP contribution is 2.43. The highest BCUT2D eigenvalue weighted by molar-refractivity contribution is 14.1. The molecule has 1 fully saturated rings. The first-order valence-corrected chi connectivity index (χ1v) is 8.48. The highest BCUT2D eigenvalue weighted by Gasteiger charge is 2.47. The molecule has 0 amide bonds. The maximum atomic E-state index is 9.32. The Labute approximate surface area is 139 Å². The Balaban J connectivity index is 2.20. The van der Waals surface area contributed by atoms with Gasteiger partial charge in [0, 0.05) is 25.2 Å². The molecule has 1 N–H and O–H groups in total. The van der Waals surface area contributed by atoms with Crippen LogP contribution in [0.25, 0.3) is 0 Å². The molecule has 3 unspecified atom stereocenters. The van der Waals surface area contributed by atoms with E-state index < -0.39 is 0 Å². The summed E-state index contributed by atoms with van der Waals surface area (Å²) in [5, 5.41) is 9.32. The maximum absolute atomic E-state index is 9.32. The van der Waals surface area contributed by atoms with Gasteiger partial charge in [-0.05, 0) is 24.5 Å². The number of benzene rings is 1. The van der Waals surface area contributed by atoms with E-state index in [0.717, 1.165) is 23.5 Å². The Hall–Kier alpha value is -0.530. The molecule has 0 aromatic heterocycles. The Bertz CT molecular complexity index is 458. The summed E-state index contributed by atoms with van der Waals surface area (Å²) in [6.07, 6.45) is 0.991. The third-order valence-electron chi connectivity index (χ3n) is 3.74. The molecular weight excluding hydrogens is 383 g/mol. The lowest BCUT2D eigenvalue weighted by Gasteiger charge is -2.18. The standard InChI is InChI=1S/C16H23IO4/c1-10(8-18)7-12-13(20-9-19-3)5-4-6-14(12)21-16-11(2)15(16)17/h4-6,10-11,15-16,18H,7-9H2,1-3H3/t10?,11-,15?,16?/m1/s1. The minimum absolute atomic E-state index is 0.146. The van der Waals surface area contributed by atoms with Gasteiger partial charge in [-0.3, -0.25) is 0 Å². The molecule has 0 bridgehead atoms. The lowest BCUT2D eigenvalue weighted by Crippen LogP contribution is -2.11. The number of halogens is 1. The van der Waals surface area contributed by atoms with Crippen LogP contribution < -0.4 is 9.47 Å². The van der Waals surface area contributed by atoms with E-state index in [1.54, 1.807) is 7.11 Å². The van der Waals surface area contributed by atoms with Crippen molar-refractivity contribution in [1.29, 1.82) is 0 Å². The smallest absolute Gasteiger partial charge is 0.188 e. The minimum Gasteiger partial charge on any atom is -0.489 e. The van der Waals surface area contributed by atoms with Crippen molar-refractivity contribution in [3.8, 4) is 11.5 Å². The Kier molecular flexibility index (Phi) is 6.13. The number of aliphatic hydroxyl groups excluding tert-OH is 1. The number of ether oxygens (including phenoxy) is 3. The molecule has 1 aromatic rings. The van der Waals surface area contributed by atoms with Crippen LogP contribution in [0.4, 0.5) is 0 Å². The average molecular weight is 406 g/mol. The number of methoxy groups -OCH3 is 1. The van der Waals surface area contributed by atoms with E-state index in [-0.39, 0.29) is 25.4 Å². The topological polar surface area (TPSA) is 47.9 Å². The fourth-order valence-corrected chi connectivity index (χ4v) is 3.20. The summed E-state index contributed by atoms with van der Waals surface area (Å²) in [7, 11) is 1.60. The van der Waals surface area contributed by atoms with E-state index in [4.69, 9.17) is 14.2 Å². The molecule has 0 spiro atoms. The molecule has 4 nitrogen and oxygen atoms in total.